The van der Waals surface area contributed by atoms with Gasteiger partial charge in [0.15, 0.2) is 0 Å². The lowest BCUT2D eigenvalue weighted by Crippen LogP contribution is -2.50. The molecule has 0 aliphatic carbocycles. The maximum atomic E-state index is 13.0. The number of benzene rings is 2. The highest BCUT2D eigenvalue weighted by atomic mass is 31.2. The molecule has 0 spiro atoms. The fraction of sp³-hybridized carbons (Fsp3) is 0.375. The number of nitrogens with one attached hydrogen (secondary N) is 2. The number of hydrogen-bond donors (Lipinski definition) is 3. The average molecular weight is 490 g/mol. The normalized spacial score (nSPS) is 14.6. The Hall–Kier alpha value is -3.00. The van der Waals surface area contributed by atoms with Gasteiger partial charge in [0.1, 0.15) is 6.04 Å². The SMILES string of the molecule is CC(C)C[C@H](NC(=O)[C@H](Cc1ccccc1)NP(C)(=O)OCOC(=O)c1ccccc1)C(=O)O. The Morgan fingerprint density at radius 3 is 2.12 bits per heavy atom. The van der Waals surface area contributed by atoms with Crippen LogP contribution in [0.5, 0.6) is 0 Å². The minimum absolute atomic E-state index is 0.0434. The fourth-order valence-electron chi connectivity index (χ4n) is 3.17. The first-order chi connectivity index (χ1) is 16.1. The molecule has 184 valence electrons. The maximum absolute atomic E-state index is 13.0. The highest BCUT2D eigenvalue weighted by Crippen LogP contribution is 2.38. The van der Waals surface area contributed by atoms with Crippen LogP contribution in [-0.4, -0.2) is 48.5 Å². The molecule has 3 atom stereocenters. The van der Waals surface area contributed by atoms with Gasteiger partial charge in [0.05, 0.1) is 11.6 Å². The van der Waals surface area contributed by atoms with E-state index >= 15 is 0 Å². The predicted octanol–water partition coefficient (Wildman–Crippen LogP) is 3.46. The van der Waals surface area contributed by atoms with Gasteiger partial charge in [-0.25, -0.2) is 14.7 Å². The first-order valence-corrected chi connectivity index (χ1v) is 12.9. The third-order valence-corrected chi connectivity index (χ3v) is 6.19. The van der Waals surface area contributed by atoms with Crippen LogP contribution >= 0.6 is 7.52 Å². The van der Waals surface area contributed by atoms with Gasteiger partial charge in [-0.2, -0.15) is 0 Å². The third-order valence-electron chi connectivity index (χ3n) is 4.81. The van der Waals surface area contributed by atoms with Crippen molar-refractivity contribution < 1.29 is 33.3 Å². The van der Waals surface area contributed by atoms with Gasteiger partial charge >= 0.3 is 11.9 Å². The summed E-state index contributed by atoms with van der Waals surface area (Å²) in [5, 5.41) is 14.7. The lowest BCUT2D eigenvalue weighted by molar-refractivity contribution is -0.142. The lowest BCUT2D eigenvalue weighted by atomic mass is 10.0. The molecule has 10 heteroatoms. The van der Waals surface area contributed by atoms with Crippen LogP contribution in [0.1, 0.15) is 36.2 Å². The van der Waals surface area contributed by atoms with E-state index in [1.165, 1.54) is 6.66 Å². The molecule has 2 rings (SSSR count). The van der Waals surface area contributed by atoms with Crippen molar-refractivity contribution in [2.24, 2.45) is 5.92 Å². The average Bonchev–Trinajstić information content (AvgIpc) is 2.78. The number of ether oxygens (including phenoxy) is 1. The largest absolute Gasteiger partial charge is 0.480 e. The molecule has 0 heterocycles. The summed E-state index contributed by atoms with van der Waals surface area (Å²) in [4.78, 5) is 36.6. The van der Waals surface area contributed by atoms with Crippen LogP contribution in [0, 0.1) is 5.92 Å². The van der Waals surface area contributed by atoms with Crippen LogP contribution in [0.4, 0.5) is 0 Å². The van der Waals surface area contributed by atoms with Crippen molar-refractivity contribution in [3.63, 3.8) is 0 Å². The summed E-state index contributed by atoms with van der Waals surface area (Å²) in [6.07, 6.45) is 0.389. The van der Waals surface area contributed by atoms with Gasteiger partial charge in [0.25, 0.3) is 7.52 Å². The van der Waals surface area contributed by atoms with Gasteiger partial charge in [-0.1, -0.05) is 62.4 Å². The summed E-state index contributed by atoms with van der Waals surface area (Å²) in [5.74, 6) is -2.37. The fourth-order valence-corrected chi connectivity index (χ4v) is 4.27. The highest BCUT2D eigenvalue weighted by Gasteiger charge is 2.30. The van der Waals surface area contributed by atoms with Crippen molar-refractivity contribution in [1.29, 1.82) is 0 Å². The molecule has 0 saturated heterocycles. The zero-order valence-corrected chi connectivity index (χ0v) is 20.4. The molecule has 0 saturated carbocycles. The maximum Gasteiger partial charge on any atom is 0.340 e. The van der Waals surface area contributed by atoms with Crippen molar-refractivity contribution in [1.82, 2.24) is 10.4 Å². The molecular weight excluding hydrogens is 459 g/mol. The summed E-state index contributed by atoms with van der Waals surface area (Å²) in [6, 6.07) is 15.2. The predicted molar refractivity (Wildman–Crippen MR) is 127 cm³/mol. The molecule has 0 aliphatic rings. The summed E-state index contributed by atoms with van der Waals surface area (Å²) >= 11 is 0. The Morgan fingerprint density at radius 2 is 1.56 bits per heavy atom. The molecule has 3 N–H and O–H groups in total. The summed E-state index contributed by atoms with van der Waals surface area (Å²) < 4.78 is 23.3. The molecule has 1 unspecified atom stereocenters. The van der Waals surface area contributed by atoms with Gasteiger partial charge in [0, 0.05) is 6.66 Å². The van der Waals surface area contributed by atoms with Gasteiger partial charge in [-0.3, -0.25) is 13.9 Å². The van der Waals surface area contributed by atoms with E-state index in [1.54, 1.807) is 54.6 Å². The van der Waals surface area contributed by atoms with E-state index in [4.69, 9.17) is 9.26 Å². The van der Waals surface area contributed by atoms with E-state index in [2.05, 4.69) is 10.4 Å². The van der Waals surface area contributed by atoms with Crippen molar-refractivity contribution in [2.75, 3.05) is 13.5 Å². The number of hydrogen-bond acceptors (Lipinski definition) is 6. The molecule has 9 nitrogen and oxygen atoms in total. The Bertz CT molecular complexity index is 999. The van der Waals surface area contributed by atoms with Crippen molar-refractivity contribution >= 4 is 25.4 Å². The molecule has 0 radical (unpaired) electrons. The standard InChI is InChI=1S/C24H31N2O7P/c1-17(2)14-21(23(28)29)25-22(27)20(15-18-10-6-4-7-11-18)26-34(3,31)33-16-32-24(30)19-12-8-5-9-13-19/h4-13,17,20-21H,14-16H2,1-3H3,(H,25,27)(H,26,31)(H,28,29)/t20-,21-,34?/m0/s1. The number of carbonyl (C=O) groups excluding carboxylic acids is 2. The van der Waals surface area contributed by atoms with Crippen molar-refractivity contribution in [3.8, 4) is 0 Å². The molecule has 2 aromatic carbocycles. The summed E-state index contributed by atoms with van der Waals surface area (Å²) in [6.45, 7) is 4.38. The highest BCUT2D eigenvalue weighted by molar-refractivity contribution is 7.56. The number of amides is 1. The van der Waals surface area contributed by atoms with Gasteiger partial charge < -0.3 is 15.2 Å². The molecule has 0 aliphatic heterocycles. The zero-order valence-electron chi connectivity index (χ0n) is 19.5. The molecule has 0 bridgehead atoms. The number of carboxylic acid groups (broad SMARTS) is 1. The topological polar surface area (TPSA) is 131 Å². The van der Waals surface area contributed by atoms with E-state index in [-0.39, 0.29) is 18.8 Å². The zero-order chi connectivity index (χ0) is 25.1. The Kier molecular flexibility index (Phi) is 10.4. The number of rotatable bonds is 13. The number of aliphatic carboxylic acids is 1. The molecule has 0 fully saturated rings. The first kappa shape index (κ1) is 27.2. The minimum atomic E-state index is -3.62. The second-order valence-electron chi connectivity index (χ2n) is 8.29. The minimum Gasteiger partial charge on any atom is -0.480 e. The van der Waals surface area contributed by atoms with Gasteiger partial charge in [-0.05, 0) is 36.5 Å². The van der Waals surface area contributed by atoms with E-state index in [1.807, 2.05) is 19.9 Å². The smallest absolute Gasteiger partial charge is 0.340 e. The second kappa shape index (κ2) is 13.0. The lowest BCUT2D eigenvalue weighted by Gasteiger charge is -2.25. The summed E-state index contributed by atoms with van der Waals surface area (Å²) in [5.41, 5.74) is 1.09. The van der Waals surface area contributed by atoms with Crippen LogP contribution < -0.4 is 10.4 Å². The first-order valence-electron chi connectivity index (χ1n) is 10.9. The van der Waals surface area contributed by atoms with Crippen LogP contribution in [0.2, 0.25) is 0 Å². The molecule has 34 heavy (non-hydrogen) atoms. The van der Waals surface area contributed by atoms with Crippen molar-refractivity contribution in [2.45, 2.75) is 38.8 Å². The second-order valence-corrected chi connectivity index (χ2v) is 10.5. The summed E-state index contributed by atoms with van der Waals surface area (Å²) in [7, 11) is -3.62. The third kappa shape index (κ3) is 9.47. The van der Waals surface area contributed by atoms with E-state index in [0.717, 1.165) is 5.56 Å². The molecule has 0 aromatic heterocycles. The van der Waals surface area contributed by atoms with E-state index in [0.29, 0.717) is 5.56 Å². The van der Waals surface area contributed by atoms with E-state index < -0.39 is 44.2 Å². The van der Waals surface area contributed by atoms with Crippen LogP contribution in [-0.2, 0) is 29.8 Å². The van der Waals surface area contributed by atoms with Gasteiger partial charge in [0.2, 0.25) is 12.7 Å². The van der Waals surface area contributed by atoms with Crippen LogP contribution in [0.25, 0.3) is 0 Å². The molecule has 2 aromatic rings. The molecular formula is C24H31N2O7P. The number of carboxylic acids is 1. The van der Waals surface area contributed by atoms with E-state index in [9.17, 15) is 24.1 Å². The number of carbonyl (C=O) groups is 3. The monoisotopic (exact) mass is 490 g/mol. The van der Waals surface area contributed by atoms with Crippen LogP contribution in [0.15, 0.2) is 60.7 Å². The Balaban J connectivity index is 2.06. The Labute approximate surface area is 199 Å². The van der Waals surface area contributed by atoms with Crippen LogP contribution in [0.3, 0.4) is 0 Å². The van der Waals surface area contributed by atoms with Crippen molar-refractivity contribution in [3.05, 3.63) is 71.8 Å². The van der Waals surface area contributed by atoms with Gasteiger partial charge in [-0.15, -0.1) is 0 Å². The molecule has 1 amide bonds. The Morgan fingerprint density at radius 1 is 0.971 bits per heavy atom. The quantitative estimate of drug-likeness (QED) is 0.221. The number of esters is 1.